The third kappa shape index (κ3) is 3.78. The normalized spacial score (nSPS) is 18.9. The quantitative estimate of drug-likeness (QED) is 0.935. The maximum absolute atomic E-state index is 13.0. The van der Waals surface area contributed by atoms with E-state index in [0.29, 0.717) is 36.2 Å². The summed E-state index contributed by atoms with van der Waals surface area (Å²) in [5, 5.41) is 7.62. The number of aromatic nitrogens is 2. The third-order valence-electron chi connectivity index (χ3n) is 3.29. The zero-order valence-electron chi connectivity index (χ0n) is 11.3. The van der Waals surface area contributed by atoms with Gasteiger partial charge < -0.3 is 14.6 Å². The van der Waals surface area contributed by atoms with Gasteiger partial charge in [0, 0.05) is 30.5 Å². The fourth-order valence-corrected chi connectivity index (χ4v) is 2.48. The molecule has 1 aromatic heterocycles. The second-order valence-electron chi connectivity index (χ2n) is 4.95. The zero-order valence-corrected chi connectivity index (χ0v) is 12.1. The van der Waals surface area contributed by atoms with Crippen LogP contribution in [0.3, 0.4) is 0 Å². The zero-order chi connectivity index (χ0) is 14.7. The highest BCUT2D eigenvalue weighted by atomic mass is 35.5. The van der Waals surface area contributed by atoms with Gasteiger partial charge in [-0.05, 0) is 17.7 Å². The fourth-order valence-electron chi connectivity index (χ4n) is 2.24. The third-order valence-corrected chi connectivity index (χ3v) is 3.65. The highest BCUT2D eigenvalue weighted by Crippen LogP contribution is 2.19. The molecule has 3 rings (SSSR count). The van der Waals surface area contributed by atoms with Gasteiger partial charge in [0.25, 0.3) is 0 Å². The molecular weight excluding hydrogens is 297 g/mol. The summed E-state index contributed by atoms with van der Waals surface area (Å²) in [6.07, 6.45) is 1.04. The summed E-state index contributed by atoms with van der Waals surface area (Å²) in [5.41, 5.74) is 0.768. The molecule has 2 heterocycles. The van der Waals surface area contributed by atoms with Crippen LogP contribution >= 0.6 is 11.6 Å². The van der Waals surface area contributed by atoms with Crippen molar-refractivity contribution in [1.82, 2.24) is 15.5 Å². The van der Waals surface area contributed by atoms with Gasteiger partial charge in [0.15, 0.2) is 5.82 Å². The first-order valence-corrected chi connectivity index (χ1v) is 7.15. The van der Waals surface area contributed by atoms with E-state index in [9.17, 15) is 4.39 Å². The highest BCUT2D eigenvalue weighted by Gasteiger charge is 2.17. The molecule has 1 fully saturated rings. The van der Waals surface area contributed by atoms with Crippen LogP contribution in [-0.2, 0) is 17.6 Å². The molecule has 2 aromatic rings. The summed E-state index contributed by atoms with van der Waals surface area (Å²) in [6.45, 7) is 2.20. The lowest BCUT2D eigenvalue weighted by Crippen LogP contribution is -2.42. The van der Waals surface area contributed by atoms with Crippen LogP contribution in [0, 0.1) is 5.82 Å². The number of rotatable bonds is 4. The van der Waals surface area contributed by atoms with Crippen LogP contribution in [0.1, 0.15) is 17.3 Å². The molecule has 1 N–H and O–H groups in total. The number of hydrogen-bond donors (Lipinski definition) is 1. The molecule has 112 valence electrons. The Morgan fingerprint density at radius 2 is 2.33 bits per heavy atom. The lowest BCUT2D eigenvalue weighted by molar-refractivity contribution is 0.0744. The van der Waals surface area contributed by atoms with Crippen LogP contribution in [0.4, 0.5) is 4.39 Å². The summed E-state index contributed by atoms with van der Waals surface area (Å²) in [6, 6.07) is 4.47. The molecule has 0 amide bonds. The molecular formula is C14H15ClFN3O2. The molecule has 0 bridgehead atoms. The van der Waals surface area contributed by atoms with Crippen molar-refractivity contribution in [3.63, 3.8) is 0 Å². The predicted octanol–water partition coefficient (Wildman–Crippen LogP) is 1.98. The predicted molar refractivity (Wildman–Crippen MR) is 74.8 cm³/mol. The van der Waals surface area contributed by atoms with Gasteiger partial charge in [0.05, 0.1) is 13.2 Å². The molecule has 0 aliphatic carbocycles. The van der Waals surface area contributed by atoms with Crippen molar-refractivity contribution in [1.29, 1.82) is 0 Å². The van der Waals surface area contributed by atoms with Gasteiger partial charge in [-0.15, -0.1) is 0 Å². The van der Waals surface area contributed by atoms with Gasteiger partial charge in [-0.25, -0.2) is 4.39 Å². The largest absolute Gasteiger partial charge is 0.378 e. The molecule has 0 saturated carbocycles. The minimum absolute atomic E-state index is 0.196. The van der Waals surface area contributed by atoms with Gasteiger partial charge in [-0.2, -0.15) is 4.98 Å². The number of ether oxygens (including phenoxy) is 1. The minimum atomic E-state index is -0.360. The number of halogens is 2. The first-order chi connectivity index (χ1) is 10.2. The molecule has 1 unspecified atom stereocenters. The van der Waals surface area contributed by atoms with Gasteiger partial charge in [0.2, 0.25) is 5.89 Å². The van der Waals surface area contributed by atoms with Crippen molar-refractivity contribution in [2.75, 3.05) is 19.8 Å². The Hall–Kier alpha value is -1.50. The Morgan fingerprint density at radius 3 is 3.10 bits per heavy atom. The fraction of sp³-hybridized carbons (Fsp3) is 0.429. The Kier molecular flexibility index (Phi) is 4.48. The monoisotopic (exact) mass is 311 g/mol. The van der Waals surface area contributed by atoms with E-state index in [4.69, 9.17) is 20.9 Å². The highest BCUT2D eigenvalue weighted by molar-refractivity contribution is 6.31. The van der Waals surface area contributed by atoms with Crippen LogP contribution < -0.4 is 5.32 Å². The summed E-state index contributed by atoms with van der Waals surface area (Å²) in [7, 11) is 0. The number of nitrogens with zero attached hydrogens (tertiary/aromatic N) is 2. The maximum Gasteiger partial charge on any atom is 0.228 e. The molecule has 1 aliphatic rings. The van der Waals surface area contributed by atoms with Gasteiger partial charge in [-0.1, -0.05) is 22.8 Å². The first kappa shape index (κ1) is 14.4. The standard InChI is InChI=1S/C14H15ClFN3O2/c15-12-6-10(16)2-1-9(12)5-13-18-14(21-19-13)7-11-8-20-4-3-17-11/h1-2,6,11,17H,3-5,7-8H2. The number of benzene rings is 1. The van der Waals surface area contributed by atoms with Crippen LogP contribution in [0.2, 0.25) is 5.02 Å². The molecule has 7 heteroatoms. The lowest BCUT2D eigenvalue weighted by atomic mass is 10.1. The molecule has 1 saturated heterocycles. The summed E-state index contributed by atoms with van der Waals surface area (Å²) >= 11 is 5.99. The summed E-state index contributed by atoms with van der Waals surface area (Å²) in [5.74, 6) is 0.738. The van der Waals surface area contributed by atoms with Gasteiger partial charge in [0.1, 0.15) is 5.82 Å². The van der Waals surface area contributed by atoms with E-state index in [1.165, 1.54) is 12.1 Å². The molecule has 21 heavy (non-hydrogen) atoms. The van der Waals surface area contributed by atoms with E-state index < -0.39 is 0 Å². The molecule has 1 aromatic carbocycles. The SMILES string of the molecule is Fc1ccc(Cc2noc(CC3COCCN3)n2)c(Cl)c1. The topological polar surface area (TPSA) is 60.2 Å². The van der Waals surface area contributed by atoms with Crippen molar-refractivity contribution in [2.24, 2.45) is 0 Å². The molecule has 0 radical (unpaired) electrons. The van der Waals surface area contributed by atoms with Crippen LogP contribution in [0.15, 0.2) is 22.7 Å². The molecule has 0 spiro atoms. The lowest BCUT2D eigenvalue weighted by Gasteiger charge is -2.22. The van der Waals surface area contributed by atoms with Crippen molar-refractivity contribution in [3.05, 3.63) is 46.3 Å². The van der Waals surface area contributed by atoms with E-state index in [1.54, 1.807) is 6.07 Å². The number of morpholine rings is 1. The Balaban J connectivity index is 1.64. The van der Waals surface area contributed by atoms with E-state index in [0.717, 1.165) is 18.7 Å². The first-order valence-electron chi connectivity index (χ1n) is 6.77. The van der Waals surface area contributed by atoms with E-state index in [-0.39, 0.29) is 11.9 Å². The second kappa shape index (κ2) is 6.51. The minimum Gasteiger partial charge on any atom is -0.378 e. The van der Waals surface area contributed by atoms with Crippen LogP contribution in [-0.4, -0.2) is 35.9 Å². The number of hydrogen-bond acceptors (Lipinski definition) is 5. The molecule has 1 aliphatic heterocycles. The van der Waals surface area contributed by atoms with Crippen molar-refractivity contribution < 1.29 is 13.7 Å². The van der Waals surface area contributed by atoms with Crippen molar-refractivity contribution in [3.8, 4) is 0 Å². The van der Waals surface area contributed by atoms with Crippen LogP contribution in [0.25, 0.3) is 0 Å². The van der Waals surface area contributed by atoms with Crippen LogP contribution in [0.5, 0.6) is 0 Å². The maximum atomic E-state index is 13.0. The smallest absolute Gasteiger partial charge is 0.228 e. The average Bonchev–Trinajstić information content (AvgIpc) is 2.90. The van der Waals surface area contributed by atoms with Crippen molar-refractivity contribution >= 4 is 11.6 Å². The van der Waals surface area contributed by atoms with Gasteiger partial charge >= 0.3 is 0 Å². The second-order valence-corrected chi connectivity index (χ2v) is 5.35. The Labute approximate surface area is 126 Å². The van der Waals surface area contributed by atoms with E-state index in [1.807, 2.05) is 0 Å². The molecule has 1 atom stereocenters. The van der Waals surface area contributed by atoms with E-state index in [2.05, 4.69) is 15.5 Å². The molecule has 5 nitrogen and oxygen atoms in total. The summed E-state index contributed by atoms with van der Waals surface area (Å²) in [4.78, 5) is 4.34. The number of nitrogens with one attached hydrogen (secondary N) is 1. The summed E-state index contributed by atoms with van der Waals surface area (Å²) < 4.78 is 23.6. The van der Waals surface area contributed by atoms with Gasteiger partial charge in [-0.3, -0.25) is 0 Å². The Morgan fingerprint density at radius 1 is 1.43 bits per heavy atom. The Bertz CT molecular complexity index is 614. The van der Waals surface area contributed by atoms with Crippen molar-refractivity contribution in [2.45, 2.75) is 18.9 Å². The average molecular weight is 312 g/mol. The van der Waals surface area contributed by atoms with E-state index >= 15 is 0 Å².